The first-order valence-corrected chi connectivity index (χ1v) is 6.58. The Bertz CT molecular complexity index is 186. The second-order valence-electron chi connectivity index (χ2n) is 2.85. The predicted molar refractivity (Wildman–Crippen MR) is 56.2 cm³/mol. The molecule has 0 fully saturated rings. The fourth-order valence-electron chi connectivity index (χ4n) is 1.02. The molecule has 0 aliphatic rings. The maximum absolute atomic E-state index is 10.9. The maximum Gasteiger partial charge on any atom is 0.500 e. The highest BCUT2D eigenvalue weighted by Crippen LogP contribution is 2.15. The van der Waals surface area contributed by atoms with Crippen molar-refractivity contribution in [2.24, 2.45) is 5.73 Å². The first kappa shape index (κ1) is 14.5. The zero-order chi connectivity index (χ0) is 11.7. The Balaban J connectivity index is 4.16. The van der Waals surface area contributed by atoms with Crippen molar-refractivity contribution in [1.82, 2.24) is 0 Å². The van der Waals surface area contributed by atoms with Crippen LogP contribution in [0.2, 0.25) is 6.04 Å². The van der Waals surface area contributed by atoms with Crippen molar-refractivity contribution in [1.29, 1.82) is 0 Å². The van der Waals surface area contributed by atoms with Crippen molar-refractivity contribution in [2.45, 2.75) is 12.5 Å². The molecule has 0 aliphatic heterocycles. The molecule has 0 radical (unpaired) electrons. The molecule has 15 heavy (non-hydrogen) atoms. The standard InChI is InChI=1S/C8H19NO5Si/c1-11-8(10)7-14-15(12-2,13-3)6-4-5-9/h4-7,9H2,1-3H3. The van der Waals surface area contributed by atoms with Crippen LogP contribution in [0.5, 0.6) is 0 Å². The molecule has 0 aromatic rings. The molecule has 0 rings (SSSR count). The van der Waals surface area contributed by atoms with Gasteiger partial charge in [0, 0.05) is 20.3 Å². The minimum Gasteiger partial charge on any atom is -0.467 e. The summed E-state index contributed by atoms with van der Waals surface area (Å²) in [6, 6.07) is 0.591. The maximum atomic E-state index is 10.9. The quantitative estimate of drug-likeness (QED) is 0.463. The van der Waals surface area contributed by atoms with Gasteiger partial charge in [-0.3, -0.25) is 0 Å². The summed E-state index contributed by atoms with van der Waals surface area (Å²) in [6.45, 7) is 0.373. The van der Waals surface area contributed by atoms with Gasteiger partial charge in [0.15, 0.2) is 0 Å². The van der Waals surface area contributed by atoms with E-state index in [0.29, 0.717) is 12.6 Å². The molecule has 0 saturated heterocycles. The van der Waals surface area contributed by atoms with Crippen LogP contribution in [0, 0.1) is 0 Å². The van der Waals surface area contributed by atoms with Crippen LogP contribution in [0.3, 0.4) is 0 Å². The summed E-state index contributed by atoms with van der Waals surface area (Å²) in [5.41, 5.74) is 5.39. The number of rotatable bonds is 8. The summed E-state index contributed by atoms with van der Waals surface area (Å²) < 4.78 is 20.2. The zero-order valence-electron chi connectivity index (χ0n) is 9.45. The first-order chi connectivity index (χ1) is 7.14. The molecule has 0 aromatic heterocycles. The highest BCUT2D eigenvalue weighted by Gasteiger charge is 2.38. The Kier molecular flexibility index (Phi) is 7.53. The molecule has 0 atom stereocenters. The number of carbonyl (C=O) groups is 1. The fraction of sp³-hybridized carbons (Fsp3) is 0.875. The van der Waals surface area contributed by atoms with Crippen LogP contribution in [0.15, 0.2) is 0 Å². The molecule has 6 nitrogen and oxygen atoms in total. The summed E-state index contributed by atoms with van der Waals surface area (Å²) in [5, 5.41) is 0. The smallest absolute Gasteiger partial charge is 0.467 e. The van der Waals surface area contributed by atoms with Gasteiger partial charge in [-0.25, -0.2) is 4.79 Å². The predicted octanol–water partition coefficient (Wildman–Crippen LogP) is -0.243. The average Bonchev–Trinajstić information content (AvgIpc) is 2.30. The topological polar surface area (TPSA) is 80.0 Å². The SMILES string of the molecule is COC(=O)CO[Si](CCCN)(OC)OC. The van der Waals surface area contributed by atoms with Crippen molar-refractivity contribution in [3.05, 3.63) is 0 Å². The zero-order valence-corrected chi connectivity index (χ0v) is 10.4. The van der Waals surface area contributed by atoms with Crippen LogP contribution < -0.4 is 5.73 Å². The lowest BCUT2D eigenvalue weighted by atomic mass is 10.5. The van der Waals surface area contributed by atoms with E-state index in [9.17, 15) is 4.79 Å². The Morgan fingerprint density at radius 2 is 1.87 bits per heavy atom. The normalized spacial score (nSPS) is 11.5. The molecule has 7 heteroatoms. The number of nitrogens with two attached hydrogens (primary N) is 1. The lowest BCUT2D eigenvalue weighted by Gasteiger charge is -2.25. The molecule has 0 heterocycles. The lowest BCUT2D eigenvalue weighted by Crippen LogP contribution is -2.45. The molecule has 0 saturated carbocycles. The van der Waals surface area contributed by atoms with Gasteiger partial charge in [-0.15, -0.1) is 0 Å². The summed E-state index contributed by atoms with van der Waals surface area (Å²) in [6.07, 6.45) is 0.731. The fourth-order valence-corrected chi connectivity index (χ4v) is 2.95. The van der Waals surface area contributed by atoms with Crippen LogP contribution in [-0.4, -0.2) is 49.3 Å². The Morgan fingerprint density at radius 3 is 2.27 bits per heavy atom. The van der Waals surface area contributed by atoms with Gasteiger partial charge >= 0.3 is 14.8 Å². The summed E-state index contributed by atoms with van der Waals surface area (Å²) >= 11 is 0. The van der Waals surface area contributed by atoms with Crippen LogP contribution in [0.25, 0.3) is 0 Å². The second kappa shape index (κ2) is 7.77. The van der Waals surface area contributed by atoms with E-state index in [1.54, 1.807) is 0 Å². The average molecular weight is 237 g/mol. The highest BCUT2D eigenvalue weighted by atomic mass is 28.4. The molecular weight excluding hydrogens is 218 g/mol. The van der Waals surface area contributed by atoms with Gasteiger partial charge in [0.2, 0.25) is 0 Å². The van der Waals surface area contributed by atoms with Crippen molar-refractivity contribution >= 4 is 14.8 Å². The largest absolute Gasteiger partial charge is 0.500 e. The number of esters is 1. The van der Waals surface area contributed by atoms with Crippen LogP contribution >= 0.6 is 0 Å². The molecular formula is C8H19NO5Si. The molecule has 0 bridgehead atoms. The minimum atomic E-state index is -2.72. The Hall–Kier alpha value is -0.473. The number of hydrogen-bond acceptors (Lipinski definition) is 6. The van der Waals surface area contributed by atoms with E-state index < -0.39 is 14.8 Å². The number of hydrogen-bond donors (Lipinski definition) is 1. The first-order valence-electron chi connectivity index (χ1n) is 4.65. The van der Waals surface area contributed by atoms with Crippen molar-refractivity contribution < 1.29 is 22.8 Å². The number of ether oxygens (including phenoxy) is 1. The number of methoxy groups -OCH3 is 1. The van der Waals surface area contributed by atoms with E-state index in [1.807, 2.05) is 0 Å². The molecule has 0 aromatic carbocycles. The van der Waals surface area contributed by atoms with Crippen LogP contribution in [0.4, 0.5) is 0 Å². The van der Waals surface area contributed by atoms with Gasteiger partial charge in [-0.2, -0.15) is 0 Å². The monoisotopic (exact) mass is 237 g/mol. The van der Waals surface area contributed by atoms with Gasteiger partial charge in [-0.05, 0) is 13.0 Å². The van der Waals surface area contributed by atoms with Gasteiger partial charge in [0.25, 0.3) is 0 Å². The van der Waals surface area contributed by atoms with Gasteiger partial charge < -0.3 is 23.7 Å². The third kappa shape index (κ3) is 5.24. The van der Waals surface area contributed by atoms with E-state index in [2.05, 4.69) is 4.74 Å². The Labute approximate surface area is 91.0 Å². The minimum absolute atomic E-state index is 0.158. The summed E-state index contributed by atoms with van der Waals surface area (Å²) in [4.78, 5) is 10.9. The lowest BCUT2D eigenvalue weighted by molar-refractivity contribution is -0.144. The molecule has 0 unspecified atom stereocenters. The molecule has 90 valence electrons. The summed E-state index contributed by atoms with van der Waals surface area (Å²) in [5.74, 6) is -0.450. The van der Waals surface area contributed by atoms with E-state index in [-0.39, 0.29) is 6.61 Å². The van der Waals surface area contributed by atoms with Crippen LogP contribution in [0.1, 0.15) is 6.42 Å². The Morgan fingerprint density at radius 1 is 1.27 bits per heavy atom. The van der Waals surface area contributed by atoms with Gasteiger partial charge in [-0.1, -0.05) is 0 Å². The third-order valence-electron chi connectivity index (χ3n) is 1.95. The molecule has 0 spiro atoms. The van der Waals surface area contributed by atoms with Gasteiger partial charge in [0.1, 0.15) is 6.61 Å². The molecule has 0 aliphatic carbocycles. The second-order valence-corrected chi connectivity index (χ2v) is 5.82. The van der Waals surface area contributed by atoms with E-state index >= 15 is 0 Å². The van der Waals surface area contributed by atoms with E-state index in [1.165, 1.54) is 21.3 Å². The number of carbonyl (C=O) groups excluding carboxylic acids is 1. The third-order valence-corrected chi connectivity index (χ3v) is 4.74. The van der Waals surface area contributed by atoms with Crippen molar-refractivity contribution in [3.63, 3.8) is 0 Å². The molecule has 0 amide bonds. The van der Waals surface area contributed by atoms with Gasteiger partial charge in [0.05, 0.1) is 7.11 Å². The van der Waals surface area contributed by atoms with Crippen LogP contribution in [-0.2, 0) is 22.8 Å². The van der Waals surface area contributed by atoms with E-state index in [4.69, 9.17) is 19.0 Å². The van der Waals surface area contributed by atoms with Crippen molar-refractivity contribution in [3.8, 4) is 0 Å². The molecule has 2 N–H and O–H groups in total. The summed E-state index contributed by atoms with van der Waals surface area (Å²) in [7, 11) is 1.58. The highest BCUT2D eigenvalue weighted by molar-refractivity contribution is 6.60. The van der Waals surface area contributed by atoms with Crippen molar-refractivity contribution in [2.75, 3.05) is 34.5 Å². The van der Waals surface area contributed by atoms with E-state index in [0.717, 1.165) is 6.42 Å².